The summed E-state index contributed by atoms with van der Waals surface area (Å²) in [4.78, 5) is 12.3. The lowest BCUT2D eigenvalue weighted by molar-refractivity contribution is -0.274. The number of hydrogen-bond donors (Lipinski definition) is 5. The Balaban J connectivity index is 1.94. The molecule has 11 heteroatoms. The van der Waals surface area contributed by atoms with Crippen LogP contribution in [0.2, 0.25) is 0 Å². The highest BCUT2D eigenvalue weighted by Gasteiger charge is 2.49. The van der Waals surface area contributed by atoms with E-state index in [1.165, 1.54) is 30.3 Å². The summed E-state index contributed by atoms with van der Waals surface area (Å²) in [5.74, 6) is -6.05. The van der Waals surface area contributed by atoms with Crippen molar-refractivity contribution in [3.8, 4) is 22.6 Å². The number of alkyl halides is 3. The summed E-state index contributed by atoms with van der Waals surface area (Å²) in [7, 11) is 0. The maximum atomic E-state index is 12.3. The van der Waals surface area contributed by atoms with Gasteiger partial charge in [-0.2, -0.15) is 0 Å². The molecule has 8 N–H and O–H groups in total. The van der Waals surface area contributed by atoms with Crippen molar-refractivity contribution in [3.05, 3.63) is 48.0 Å². The first-order valence-corrected chi connectivity index (χ1v) is 7.49. The van der Waals surface area contributed by atoms with Crippen molar-refractivity contribution in [1.82, 2.24) is 5.32 Å². The van der Waals surface area contributed by atoms with Crippen LogP contribution in [-0.4, -0.2) is 29.1 Å². The Morgan fingerprint density at radius 3 is 2.22 bits per heavy atom. The SMILES string of the molecule is NC1(O)NC(=O)c2cc(-c3ccc(OC(F)(F)F)cc3)ccc2OC1(N)N. The summed E-state index contributed by atoms with van der Waals surface area (Å²) in [5, 5.41) is 12.1. The highest BCUT2D eigenvalue weighted by molar-refractivity contribution is 5.99. The van der Waals surface area contributed by atoms with E-state index in [1.807, 2.05) is 0 Å². The fourth-order valence-electron chi connectivity index (χ4n) is 2.42. The Kier molecular flexibility index (Phi) is 4.27. The molecule has 2 aromatic carbocycles. The number of aliphatic hydroxyl groups is 1. The predicted molar refractivity (Wildman–Crippen MR) is 86.9 cm³/mol. The van der Waals surface area contributed by atoms with Crippen molar-refractivity contribution >= 4 is 5.91 Å². The van der Waals surface area contributed by atoms with Gasteiger partial charge in [0.2, 0.25) is 0 Å². The number of carbonyl (C=O) groups is 1. The summed E-state index contributed by atoms with van der Waals surface area (Å²) in [6.07, 6.45) is -4.79. The van der Waals surface area contributed by atoms with E-state index in [9.17, 15) is 23.1 Å². The van der Waals surface area contributed by atoms with Gasteiger partial charge in [0.05, 0.1) is 5.56 Å². The van der Waals surface area contributed by atoms with Crippen LogP contribution >= 0.6 is 0 Å². The maximum Gasteiger partial charge on any atom is 0.573 e. The average Bonchev–Trinajstić information content (AvgIpc) is 2.59. The lowest BCUT2D eigenvalue weighted by Gasteiger charge is -2.35. The van der Waals surface area contributed by atoms with Crippen LogP contribution in [0.1, 0.15) is 10.4 Å². The zero-order valence-electron chi connectivity index (χ0n) is 13.6. The molecule has 0 aliphatic carbocycles. The topological polar surface area (TPSA) is 146 Å². The minimum absolute atomic E-state index is 0.0234. The van der Waals surface area contributed by atoms with E-state index in [1.54, 1.807) is 0 Å². The first-order valence-electron chi connectivity index (χ1n) is 7.49. The Bertz CT molecular complexity index is 882. The first kappa shape index (κ1) is 18.9. The van der Waals surface area contributed by atoms with E-state index in [0.717, 1.165) is 12.1 Å². The maximum absolute atomic E-state index is 12.3. The van der Waals surface area contributed by atoms with Gasteiger partial charge in [0.15, 0.2) is 0 Å². The molecular formula is C16H15F3N4O4. The smallest absolute Gasteiger partial charge is 0.453 e. The number of halogens is 3. The highest BCUT2D eigenvalue weighted by atomic mass is 19.4. The summed E-state index contributed by atoms with van der Waals surface area (Å²) in [5.41, 5.74) is 17.7. The Labute approximate surface area is 150 Å². The number of hydrogen-bond acceptors (Lipinski definition) is 7. The molecule has 1 heterocycles. The van der Waals surface area contributed by atoms with Gasteiger partial charge < -0.3 is 19.9 Å². The molecular weight excluding hydrogens is 369 g/mol. The van der Waals surface area contributed by atoms with Crippen LogP contribution in [-0.2, 0) is 0 Å². The van der Waals surface area contributed by atoms with Crippen LogP contribution in [0.4, 0.5) is 13.2 Å². The van der Waals surface area contributed by atoms with Gasteiger partial charge in [0.25, 0.3) is 17.6 Å². The van der Waals surface area contributed by atoms with Gasteiger partial charge in [-0.15, -0.1) is 13.2 Å². The van der Waals surface area contributed by atoms with Crippen LogP contribution < -0.4 is 32.0 Å². The van der Waals surface area contributed by atoms with Gasteiger partial charge in [-0.25, -0.2) is 0 Å². The third-order valence-electron chi connectivity index (χ3n) is 3.82. The monoisotopic (exact) mass is 384 g/mol. The first-order chi connectivity index (χ1) is 12.4. The third kappa shape index (κ3) is 3.80. The van der Waals surface area contributed by atoms with Crippen molar-refractivity contribution in [3.63, 3.8) is 0 Å². The van der Waals surface area contributed by atoms with Crippen molar-refractivity contribution in [2.75, 3.05) is 0 Å². The van der Waals surface area contributed by atoms with Crippen LogP contribution in [0.5, 0.6) is 11.5 Å². The molecule has 8 nitrogen and oxygen atoms in total. The zero-order valence-corrected chi connectivity index (χ0v) is 13.6. The number of amides is 1. The summed E-state index contributed by atoms with van der Waals surface area (Å²) >= 11 is 0. The van der Waals surface area contributed by atoms with Crippen LogP contribution in [0.15, 0.2) is 42.5 Å². The minimum atomic E-state index is -4.79. The van der Waals surface area contributed by atoms with Gasteiger partial charge in [0, 0.05) is 0 Å². The number of nitrogens with one attached hydrogen (secondary N) is 1. The highest BCUT2D eigenvalue weighted by Crippen LogP contribution is 2.32. The molecule has 0 radical (unpaired) electrons. The standard InChI is InChI=1S/C16H15F3N4O4/c17-16(18,19)26-10-4-1-8(2-5-10)9-3-6-12-11(7-9)13(24)23-15(22,25)14(20,21)27-12/h1-7,25H,20-22H2,(H,23,24). The van der Waals surface area contributed by atoms with E-state index in [4.69, 9.17) is 21.9 Å². The molecule has 1 aliphatic rings. The van der Waals surface area contributed by atoms with Crippen LogP contribution in [0.25, 0.3) is 11.1 Å². The molecule has 0 saturated heterocycles. The summed E-state index contributed by atoms with van der Waals surface area (Å²) in [6.45, 7) is 0. The van der Waals surface area contributed by atoms with Gasteiger partial charge in [-0.1, -0.05) is 18.2 Å². The largest absolute Gasteiger partial charge is 0.573 e. The van der Waals surface area contributed by atoms with E-state index in [0.29, 0.717) is 11.1 Å². The molecule has 1 unspecified atom stereocenters. The predicted octanol–water partition coefficient (Wildman–Crippen LogP) is 0.550. The molecule has 1 atom stereocenters. The summed E-state index contributed by atoms with van der Waals surface area (Å²) in [6, 6.07) is 9.33. The third-order valence-corrected chi connectivity index (χ3v) is 3.82. The molecule has 1 aliphatic heterocycles. The van der Waals surface area contributed by atoms with E-state index in [2.05, 4.69) is 10.1 Å². The normalized spacial score (nSPS) is 21.5. The van der Waals surface area contributed by atoms with Crippen LogP contribution in [0, 0.1) is 0 Å². The molecule has 2 aromatic rings. The van der Waals surface area contributed by atoms with E-state index >= 15 is 0 Å². The number of benzene rings is 2. The van der Waals surface area contributed by atoms with Crippen molar-refractivity contribution in [2.45, 2.75) is 18.1 Å². The second kappa shape index (κ2) is 6.09. The van der Waals surface area contributed by atoms with E-state index < -0.39 is 24.0 Å². The van der Waals surface area contributed by atoms with E-state index in [-0.39, 0.29) is 17.1 Å². The summed E-state index contributed by atoms with van der Waals surface area (Å²) < 4.78 is 45.7. The second-order valence-corrected chi connectivity index (χ2v) is 5.90. The molecule has 27 heavy (non-hydrogen) atoms. The molecule has 0 aromatic heterocycles. The molecule has 0 bridgehead atoms. The Morgan fingerprint density at radius 1 is 1.04 bits per heavy atom. The zero-order chi connectivity index (χ0) is 20.0. The van der Waals surface area contributed by atoms with Gasteiger partial charge in [0.1, 0.15) is 11.5 Å². The van der Waals surface area contributed by atoms with Crippen molar-refractivity contribution in [2.24, 2.45) is 17.2 Å². The molecule has 0 saturated carbocycles. The Hall–Kier alpha value is -2.86. The number of fused-ring (bicyclic) bond motifs is 1. The Morgan fingerprint density at radius 2 is 1.63 bits per heavy atom. The average molecular weight is 384 g/mol. The van der Waals surface area contributed by atoms with Gasteiger partial charge in [-0.05, 0) is 35.4 Å². The van der Waals surface area contributed by atoms with Gasteiger partial charge in [-0.3, -0.25) is 22.0 Å². The number of ether oxygens (including phenoxy) is 2. The minimum Gasteiger partial charge on any atom is -0.453 e. The molecule has 0 spiro atoms. The quantitative estimate of drug-likeness (QED) is 0.475. The fourth-order valence-corrected chi connectivity index (χ4v) is 2.42. The lowest BCUT2D eigenvalue weighted by atomic mass is 10.0. The molecule has 3 rings (SSSR count). The number of nitrogens with two attached hydrogens (primary N) is 3. The van der Waals surface area contributed by atoms with Crippen LogP contribution in [0.3, 0.4) is 0 Å². The van der Waals surface area contributed by atoms with Crippen molar-refractivity contribution < 1.29 is 32.5 Å². The molecule has 0 fully saturated rings. The lowest BCUT2D eigenvalue weighted by Crippen LogP contribution is -2.80. The molecule has 144 valence electrons. The second-order valence-electron chi connectivity index (χ2n) is 5.90. The van der Waals surface area contributed by atoms with Gasteiger partial charge >= 0.3 is 6.36 Å². The molecule has 1 amide bonds. The number of rotatable bonds is 2. The number of carbonyl (C=O) groups excluding carboxylic acids is 1. The fraction of sp³-hybridized carbons (Fsp3) is 0.188. The van der Waals surface area contributed by atoms with Crippen molar-refractivity contribution in [1.29, 1.82) is 0 Å².